The minimum Gasteiger partial charge on any atom is -0.467 e. The molecule has 2 aromatic carbocycles. The molecule has 0 spiro atoms. The normalized spacial score (nSPS) is 12.6. The molecule has 4 rings (SSSR count). The second kappa shape index (κ2) is 7.83. The van der Waals surface area contributed by atoms with Crippen molar-refractivity contribution in [2.24, 2.45) is 0 Å². The Hall–Kier alpha value is -3.54. The number of benzene rings is 2. The summed E-state index contributed by atoms with van der Waals surface area (Å²) >= 11 is 0. The molecule has 0 atom stereocenters. The highest BCUT2D eigenvalue weighted by Gasteiger charge is 2.29. The van der Waals surface area contributed by atoms with Crippen molar-refractivity contribution in [1.82, 2.24) is 4.90 Å². The number of furan rings is 1. The standard InChI is InChI=1S/C23H23N3O3/c1-16-8-10-17(11-9-16)24-23(28)26-13-12-19-20(6-3-7-21(19)26)22(27)25(2)15-18-5-4-14-29-18/h3-11,14H,12-13,15H2,1-2H3,(H,24,28). The maximum Gasteiger partial charge on any atom is 0.326 e. The molecule has 6 heteroatoms. The quantitative estimate of drug-likeness (QED) is 0.717. The first-order chi connectivity index (χ1) is 14.0. The molecule has 2 heterocycles. The van der Waals surface area contributed by atoms with Crippen LogP contribution in [0.5, 0.6) is 0 Å². The van der Waals surface area contributed by atoms with Gasteiger partial charge in [-0.1, -0.05) is 23.8 Å². The topological polar surface area (TPSA) is 65.8 Å². The molecule has 1 N–H and O–H groups in total. The maximum atomic E-state index is 13.0. The number of anilines is 2. The van der Waals surface area contributed by atoms with Gasteiger partial charge in [-0.25, -0.2) is 4.79 Å². The summed E-state index contributed by atoms with van der Waals surface area (Å²) in [6.07, 6.45) is 2.24. The van der Waals surface area contributed by atoms with Crippen molar-refractivity contribution in [3.63, 3.8) is 0 Å². The van der Waals surface area contributed by atoms with Crippen molar-refractivity contribution in [3.05, 3.63) is 83.3 Å². The fourth-order valence-corrected chi connectivity index (χ4v) is 3.59. The summed E-state index contributed by atoms with van der Waals surface area (Å²) in [4.78, 5) is 29.1. The number of hydrogen-bond donors (Lipinski definition) is 1. The van der Waals surface area contributed by atoms with Gasteiger partial charge in [0.2, 0.25) is 0 Å². The molecule has 0 radical (unpaired) electrons. The molecule has 29 heavy (non-hydrogen) atoms. The number of aryl methyl sites for hydroxylation is 1. The van der Waals surface area contributed by atoms with Gasteiger partial charge >= 0.3 is 6.03 Å². The molecule has 0 fully saturated rings. The van der Waals surface area contributed by atoms with Crippen molar-refractivity contribution in [1.29, 1.82) is 0 Å². The smallest absolute Gasteiger partial charge is 0.326 e. The Morgan fingerprint density at radius 1 is 1.10 bits per heavy atom. The van der Waals surface area contributed by atoms with Gasteiger partial charge in [-0.05, 0) is 55.3 Å². The van der Waals surface area contributed by atoms with Crippen LogP contribution < -0.4 is 10.2 Å². The van der Waals surface area contributed by atoms with Crippen LogP contribution in [0, 0.1) is 6.92 Å². The van der Waals surface area contributed by atoms with E-state index < -0.39 is 0 Å². The molecule has 0 unspecified atom stereocenters. The maximum absolute atomic E-state index is 13.0. The van der Waals surface area contributed by atoms with Crippen LogP contribution in [-0.2, 0) is 13.0 Å². The molecule has 0 saturated heterocycles. The van der Waals surface area contributed by atoms with E-state index in [0.29, 0.717) is 25.1 Å². The van der Waals surface area contributed by atoms with Gasteiger partial charge in [0, 0.05) is 30.5 Å². The zero-order valence-electron chi connectivity index (χ0n) is 16.5. The van der Waals surface area contributed by atoms with E-state index in [1.54, 1.807) is 29.2 Å². The molecule has 0 saturated carbocycles. The molecule has 148 valence electrons. The number of carbonyl (C=O) groups is 2. The fraction of sp³-hybridized carbons (Fsp3) is 0.217. The highest BCUT2D eigenvalue weighted by atomic mass is 16.3. The number of hydrogen-bond acceptors (Lipinski definition) is 3. The van der Waals surface area contributed by atoms with Gasteiger partial charge < -0.3 is 14.6 Å². The zero-order valence-corrected chi connectivity index (χ0v) is 16.5. The Balaban J connectivity index is 1.52. The summed E-state index contributed by atoms with van der Waals surface area (Å²) in [5.74, 6) is 0.645. The van der Waals surface area contributed by atoms with Gasteiger partial charge in [0.1, 0.15) is 5.76 Å². The van der Waals surface area contributed by atoms with E-state index in [-0.39, 0.29) is 11.9 Å². The minimum atomic E-state index is -0.193. The van der Waals surface area contributed by atoms with Crippen molar-refractivity contribution in [2.45, 2.75) is 19.9 Å². The van der Waals surface area contributed by atoms with Crippen LogP contribution in [0.15, 0.2) is 65.3 Å². The third kappa shape index (κ3) is 3.87. The molecule has 3 amide bonds. The lowest BCUT2D eigenvalue weighted by molar-refractivity contribution is 0.0774. The predicted molar refractivity (Wildman–Crippen MR) is 112 cm³/mol. The number of fused-ring (bicyclic) bond motifs is 1. The van der Waals surface area contributed by atoms with E-state index in [0.717, 1.165) is 28.3 Å². The van der Waals surface area contributed by atoms with Gasteiger partial charge in [-0.2, -0.15) is 0 Å². The molecule has 0 bridgehead atoms. The third-order valence-corrected chi connectivity index (χ3v) is 5.13. The summed E-state index contributed by atoms with van der Waals surface area (Å²) in [7, 11) is 1.75. The summed E-state index contributed by atoms with van der Waals surface area (Å²) in [5, 5.41) is 2.93. The highest BCUT2D eigenvalue weighted by Crippen LogP contribution is 2.32. The van der Waals surface area contributed by atoms with Gasteiger partial charge in [-0.15, -0.1) is 0 Å². The van der Waals surface area contributed by atoms with Gasteiger partial charge in [0.25, 0.3) is 5.91 Å². The number of rotatable bonds is 4. The third-order valence-electron chi connectivity index (χ3n) is 5.13. The van der Waals surface area contributed by atoms with Crippen molar-refractivity contribution in [3.8, 4) is 0 Å². The Morgan fingerprint density at radius 3 is 2.62 bits per heavy atom. The Kier molecular flexibility index (Phi) is 5.08. The van der Waals surface area contributed by atoms with Crippen LogP contribution in [-0.4, -0.2) is 30.4 Å². The first-order valence-electron chi connectivity index (χ1n) is 9.58. The second-order valence-electron chi connectivity index (χ2n) is 7.24. The molecule has 1 aromatic heterocycles. The molecular weight excluding hydrogens is 366 g/mol. The second-order valence-corrected chi connectivity index (χ2v) is 7.24. The van der Waals surface area contributed by atoms with Gasteiger partial charge in [0.15, 0.2) is 0 Å². The minimum absolute atomic E-state index is 0.0842. The van der Waals surface area contributed by atoms with Crippen LogP contribution >= 0.6 is 0 Å². The van der Waals surface area contributed by atoms with E-state index in [4.69, 9.17) is 4.42 Å². The van der Waals surface area contributed by atoms with Crippen molar-refractivity contribution >= 4 is 23.3 Å². The number of amides is 3. The molecule has 1 aliphatic heterocycles. The first kappa shape index (κ1) is 18.8. The Labute approximate surface area is 169 Å². The number of urea groups is 1. The molecule has 1 aliphatic rings. The number of carbonyl (C=O) groups excluding carboxylic acids is 2. The Bertz CT molecular complexity index is 1030. The van der Waals surface area contributed by atoms with Crippen LogP contribution in [0.3, 0.4) is 0 Å². The first-order valence-corrected chi connectivity index (χ1v) is 9.58. The van der Waals surface area contributed by atoms with Gasteiger partial charge in [-0.3, -0.25) is 9.69 Å². The van der Waals surface area contributed by atoms with Crippen LogP contribution in [0.25, 0.3) is 0 Å². The van der Waals surface area contributed by atoms with E-state index in [1.165, 1.54) is 0 Å². The summed E-state index contributed by atoms with van der Waals surface area (Å²) in [6, 6.07) is 16.7. The van der Waals surface area contributed by atoms with E-state index in [1.807, 2.05) is 55.5 Å². The van der Waals surface area contributed by atoms with Crippen LogP contribution in [0.4, 0.5) is 16.2 Å². The largest absolute Gasteiger partial charge is 0.467 e. The van der Waals surface area contributed by atoms with E-state index >= 15 is 0 Å². The summed E-state index contributed by atoms with van der Waals surface area (Å²) in [6.45, 7) is 2.94. The average Bonchev–Trinajstić information content (AvgIpc) is 3.38. The molecule has 3 aromatic rings. The van der Waals surface area contributed by atoms with Gasteiger partial charge in [0.05, 0.1) is 12.8 Å². The molecule has 6 nitrogen and oxygen atoms in total. The molecule has 0 aliphatic carbocycles. The molecular formula is C23H23N3O3. The van der Waals surface area contributed by atoms with E-state index in [9.17, 15) is 9.59 Å². The van der Waals surface area contributed by atoms with Crippen LogP contribution in [0.1, 0.15) is 27.2 Å². The van der Waals surface area contributed by atoms with Crippen molar-refractivity contribution in [2.75, 3.05) is 23.8 Å². The summed E-state index contributed by atoms with van der Waals surface area (Å²) < 4.78 is 5.34. The average molecular weight is 389 g/mol. The fourth-order valence-electron chi connectivity index (χ4n) is 3.59. The Morgan fingerprint density at radius 2 is 1.90 bits per heavy atom. The predicted octanol–water partition coefficient (Wildman–Crippen LogP) is 4.45. The summed E-state index contributed by atoms with van der Waals surface area (Å²) in [5.41, 5.74) is 4.20. The SMILES string of the molecule is Cc1ccc(NC(=O)N2CCc3c(C(=O)N(C)Cc4ccco4)cccc32)cc1. The van der Waals surface area contributed by atoms with E-state index in [2.05, 4.69) is 5.32 Å². The monoisotopic (exact) mass is 389 g/mol. The number of nitrogens with zero attached hydrogens (tertiary/aromatic N) is 2. The van der Waals surface area contributed by atoms with Crippen LogP contribution in [0.2, 0.25) is 0 Å². The zero-order chi connectivity index (χ0) is 20.4. The lowest BCUT2D eigenvalue weighted by Crippen LogP contribution is -2.33. The number of nitrogens with one attached hydrogen (secondary N) is 1. The highest BCUT2D eigenvalue weighted by molar-refractivity contribution is 6.05. The lowest BCUT2D eigenvalue weighted by atomic mass is 10.0. The lowest BCUT2D eigenvalue weighted by Gasteiger charge is -2.20. The van der Waals surface area contributed by atoms with Crippen molar-refractivity contribution < 1.29 is 14.0 Å².